The summed E-state index contributed by atoms with van der Waals surface area (Å²) in [6.45, 7) is 6.65. The summed E-state index contributed by atoms with van der Waals surface area (Å²) in [5.74, 6) is 0.241. The fourth-order valence-corrected chi connectivity index (χ4v) is 3.46. The average molecular weight is 315 g/mol. The van der Waals surface area contributed by atoms with E-state index in [1.54, 1.807) is 0 Å². The number of nitrogens with one attached hydrogen (secondary N) is 1. The normalized spacial score (nSPS) is 12.6. The molecule has 1 heteroatoms. The summed E-state index contributed by atoms with van der Waals surface area (Å²) in [5, 5.41) is 0. The van der Waals surface area contributed by atoms with Gasteiger partial charge in [0, 0.05) is 17.3 Å². The Morgan fingerprint density at radius 2 is 1.54 bits per heavy atom. The molecule has 1 atom stereocenters. The molecule has 0 fully saturated rings. The Bertz CT molecular complexity index is 810. The van der Waals surface area contributed by atoms with Crippen LogP contribution in [-0.4, -0.2) is 4.98 Å². The Morgan fingerprint density at radius 1 is 0.917 bits per heavy atom. The first-order valence-electron chi connectivity index (χ1n) is 8.66. The highest BCUT2D eigenvalue weighted by Crippen LogP contribution is 2.31. The van der Waals surface area contributed by atoms with Gasteiger partial charge < -0.3 is 4.98 Å². The number of allylic oxidation sites excluding steroid dienone is 1. The summed E-state index contributed by atoms with van der Waals surface area (Å²) in [7, 11) is 0. The second-order valence-electron chi connectivity index (χ2n) is 6.28. The average Bonchev–Trinajstić information content (AvgIpc) is 2.91. The van der Waals surface area contributed by atoms with Crippen LogP contribution in [0.15, 0.2) is 66.7 Å². The number of H-pyrrole nitrogens is 1. The number of aromatic nitrogens is 1. The maximum absolute atomic E-state index is 3.65. The Balaban J connectivity index is 2.05. The van der Waals surface area contributed by atoms with Crippen molar-refractivity contribution >= 4 is 6.08 Å². The molecular weight excluding hydrogens is 290 g/mol. The second-order valence-corrected chi connectivity index (χ2v) is 6.28. The van der Waals surface area contributed by atoms with Crippen LogP contribution < -0.4 is 0 Å². The van der Waals surface area contributed by atoms with Gasteiger partial charge in [0.1, 0.15) is 0 Å². The van der Waals surface area contributed by atoms with E-state index in [9.17, 15) is 0 Å². The number of hydrogen-bond acceptors (Lipinski definition) is 0. The van der Waals surface area contributed by atoms with Crippen molar-refractivity contribution in [3.05, 3.63) is 100 Å². The van der Waals surface area contributed by atoms with Crippen LogP contribution in [0.4, 0.5) is 0 Å². The summed E-state index contributed by atoms with van der Waals surface area (Å²) in [5.41, 5.74) is 7.98. The Morgan fingerprint density at radius 3 is 2.12 bits per heavy atom. The minimum atomic E-state index is 0.241. The largest absolute Gasteiger partial charge is 0.361 e. The lowest BCUT2D eigenvalue weighted by molar-refractivity contribution is 0.953. The van der Waals surface area contributed by atoms with Crippen molar-refractivity contribution in [3.8, 4) is 0 Å². The quantitative estimate of drug-likeness (QED) is 0.591. The second kappa shape index (κ2) is 7.35. The van der Waals surface area contributed by atoms with Gasteiger partial charge in [0.05, 0.1) is 0 Å². The van der Waals surface area contributed by atoms with Crippen LogP contribution in [0.1, 0.15) is 46.5 Å². The molecule has 122 valence electrons. The summed E-state index contributed by atoms with van der Waals surface area (Å²) >= 11 is 0. The molecule has 1 heterocycles. The van der Waals surface area contributed by atoms with Crippen molar-refractivity contribution in [3.63, 3.8) is 0 Å². The SMILES string of the molecule is CCc1c(C)[nH]c(C(/C=C/c2ccccc2)c2ccccc2)c1C. The lowest BCUT2D eigenvalue weighted by Gasteiger charge is -2.14. The Labute approximate surface area is 145 Å². The maximum Gasteiger partial charge on any atom is 0.0426 e. The molecule has 3 rings (SSSR count). The van der Waals surface area contributed by atoms with Crippen molar-refractivity contribution in [2.24, 2.45) is 0 Å². The molecule has 0 aliphatic carbocycles. The topological polar surface area (TPSA) is 15.8 Å². The third-order valence-electron chi connectivity index (χ3n) is 4.74. The summed E-state index contributed by atoms with van der Waals surface area (Å²) < 4.78 is 0. The van der Waals surface area contributed by atoms with Gasteiger partial charge in [0.25, 0.3) is 0 Å². The number of benzene rings is 2. The number of aryl methyl sites for hydroxylation is 1. The molecule has 0 saturated carbocycles. The van der Waals surface area contributed by atoms with Crippen molar-refractivity contribution < 1.29 is 0 Å². The zero-order valence-electron chi connectivity index (χ0n) is 14.7. The van der Waals surface area contributed by atoms with Crippen molar-refractivity contribution in [1.82, 2.24) is 4.98 Å². The van der Waals surface area contributed by atoms with Crippen LogP contribution in [0.2, 0.25) is 0 Å². The number of rotatable bonds is 5. The summed E-state index contributed by atoms with van der Waals surface area (Å²) in [4.78, 5) is 3.65. The third-order valence-corrected chi connectivity index (χ3v) is 4.74. The first kappa shape index (κ1) is 16.3. The van der Waals surface area contributed by atoms with Crippen LogP contribution >= 0.6 is 0 Å². The van der Waals surface area contributed by atoms with E-state index in [4.69, 9.17) is 0 Å². The molecule has 1 N–H and O–H groups in total. The summed E-state index contributed by atoms with van der Waals surface area (Å²) in [6.07, 6.45) is 5.60. The Hall–Kier alpha value is -2.54. The van der Waals surface area contributed by atoms with Gasteiger partial charge in [-0.1, -0.05) is 79.7 Å². The first-order chi connectivity index (χ1) is 11.7. The maximum atomic E-state index is 3.65. The van der Waals surface area contributed by atoms with E-state index in [0.29, 0.717) is 0 Å². The minimum absolute atomic E-state index is 0.241. The van der Waals surface area contributed by atoms with Gasteiger partial charge in [0.2, 0.25) is 0 Å². The molecule has 1 aromatic heterocycles. The van der Waals surface area contributed by atoms with Gasteiger partial charge >= 0.3 is 0 Å². The molecule has 0 spiro atoms. The standard InChI is InChI=1S/C23H25N/c1-4-21-17(2)23(24-18(21)3)22(20-13-9-6-10-14-20)16-15-19-11-7-5-8-12-19/h5-16,22,24H,4H2,1-3H3/b16-15+. The smallest absolute Gasteiger partial charge is 0.0426 e. The van der Waals surface area contributed by atoms with Gasteiger partial charge in [0.15, 0.2) is 0 Å². The van der Waals surface area contributed by atoms with Crippen molar-refractivity contribution in [2.75, 3.05) is 0 Å². The molecule has 0 saturated heterocycles. The molecule has 1 unspecified atom stereocenters. The van der Waals surface area contributed by atoms with Crippen LogP contribution in [0, 0.1) is 13.8 Å². The van der Waals surface area contributed by atoms with Crippen molar-refractivity contribution in [2.45, 2.75) is 33.1 Å². The van der Waals surface area contributed by atoms with Gasteiger partial charge in [-0.3, -0.25) is 0 Å². The van der Waals surface area contributed by atoms with Crippen molar-refractivity contribution in [1.29, 1.82) is 0 Å². The van der Waals surface area contributed by atoms with Gasteiger partial charge in [-0.25, -0.2) is 0 Å². The van der Waals surface area contributed by atoms with E-state index in [1.165, 1.54) is 33.6 Å². The monoisotopic (exact) mass is 315 g/mol. The molecule has 0 aliphatic rings. The fourth-order valence-electron chi connectivity index (χ4n) is 3.46. The van der Waals surface area contributed by atoms with E-state index >= 15 is 0 Å². The predicted molar refractivity (Wildman–Crippen MR) is 103 cm³/mol. The summed E-state index contributed by atoms with van der Waals surface area (Å²) in [6, 6.07) is 21.2. The van der Waals surface area contributed by atoms with Gasteiger partial charge in [-0.05, 0) is 42.5 Å². The molecule has 24 heavy (non-hydrogen) atoms. The zero-order valence-corrected chi connectivity index (χ0v) is 14.7. The highest BCUT2D eigenvalue weighted by atomic mass is 14.7. The minimum Gasteiger partial charge on any atom is -0.361 e. The molecule has 2 aromatic carbocycles. The molecule has 1 nitrogen and oxygen atoms in total. The molecule has 0 amide bonds. The molecular formula is C23H25N. The van der Waals surface area contributed by atoms with Crippen LogP contribution in [-0.2, 0) is 6.42 Å². The molecule has 0 radical (unpaired) electrons. The highest BCUT2D eigenvalue weighted by Gasteiger charge is 2.18. The number of hydrogen-bond donors (Lipinski definition) is 1. The van der Waals surface area contributed by atoms with E-state index < -0.39 is 0 Å². The van der Waals surface area contributed by atoms with Gasteiger partial charge in [-0.15, -0.1) is 0 Å². The number of aromatic amines is 1. The fraction of sp³-hybridized carbons (Fsp3) is 0.217. The zero-order chi connectivity index (χ0) is 16.9. The molecule has 0 bridgehead atoms. The van der Waals surface area contributed by atoms with E-state index in [1.807, 2.05) is 0 Å². The first-order valence-corrected chi connectivity index (χ1v) is 8.66. The third kappa shape index (κ3) is 3.35. The Kier molecular flexibility index (Phi) is 5.00. The van der Waals surface area contributed by atoms with Gasteiger partial charge in [-0.2, -0.15) is 0 Å². The van der Waals surface area contributed by atoms with E-state index in [-0.39, 0.29) is 5.92 Å². The van der Waals surface area contributed by atoms with E-state index in [0.717, 1.165) is 6.42 Å². The molecule has 3 aromatic rings. The lowest BCUT2D eigenvalue weighted by Crippen LogP contribution is -2.00. The van der Waals surface area contributed by atoms with E-state index in [2.05, 4.69) is 98.6 Å². The molecule has 0 aliphatic heterocycles. The van der Waals surface area contributed by atoms with Crippen LogP contribution in [0.25, 0.3) is 6.08 Å². The van der Waals surface area contributed by atoms with Crippen LogP contribution in [0.3, 0.4) is 0 Å². The van der Waals surface area contributed by atoms with Crippen LogP contribution in [0.5, 0.6) is 0 Å². The lowest BCUT2D eigenvalue weighted by atomic mass is 9.91. The predicted octanol–water partition coefficient (Wildman–Crippen LogP) is 6.04. The highest BCUT2D eigenvalue weighted by molar-refractivity contribution is 5.54.